The lowest BCUT2D eigenvalue weighted by Crippen LogP contribution is -1.98. The third kappa shape index (κ3) is 4.94. The molecule has 2 nitrogen and oxygen atoms in total. The lowest BCUT2D eigenvalue weighted by Gasteiger charge is -2.10. The molecule has 0 fully saturated rings. The van der Waals surface area contributed by atoms with E-state index in [1.807, 2.05) is 30.3 Å². The van der Waals surface area contributed by atoms with Gasteiger partial charge in [0, 0.05) is 10.8 Å². The third-order valence-corrected chi connectivity index (χ3v) is 4.12. The van der Waals surface area contributed by atoms with Crippen LogP contribution in [-0.4, -0.2) is 11.7 Å². The van der Waals surface area contributed by atoms with Crippen LogP contribution in [0.3, 0.4) is 0 Å². The predicted octanol–water partition coefficient (Wildman–Crippen LogP) is 6.06. The zero-order valence-electron chi connectivity index (χ0n) is 13.7. The van der Waals surface area contributed by atoms with E-state index in [0.29, 0.717) is 5.75 Å². The van der Waals surface area contributed by atoms with Gasteiger partial charge in [0.15, 0.2) is 0 Å². The van der Waals surface area contributed by atoms with E-state index < -0.39 is 0 Å². The zero-order chi connectivity index (χ0) is 15.6. The molecule has 0 spiro atoms. The first-order valence-corrected chi connectivity index (χ1v) is 8.66. The third-order valence-electron chi connectivity index (χ3n) is 4.12. The normalized spacial score (nSPS) is 11.0. The first-order valence-electron chi connectivity index (χ1n) is 8.66. The van der Waals surface area contributed by atoms with Crippen LogP contribution in [0.5, 0.6) is 11.5 Å². The lowest BCUT2D eigenvalue weighted by atomic mass is 10.1. The van der Waals surface area contributed by atoms with E-state index in [1.165, 1.54) is 44.9 Å². The minimum atomic E-state index is 0.315. The fraction of sp³-hybridized carbons (Fsp3) is 0.500. The van der Waals surface area contributed by atoms with Gasteiger partial charge in [0.05, 0.1) is 6.61 Å². The quantitative estimate of drug-likeness (QED) is 0.540. The summed E-state index contributed by atoms with van der Waals surface area (Å²) >= 11 is 0. The van der Waals surface area contributed by atoms with Crippen LogP contribution in [0, 0.1) is 0 Å². The number of hydrogen-bond donors (Lipinski definition) is 1. The van der Waals surface area contributed by atoms with Crippen LogP contribution in [0.15, 0.2) is 36.4 Å². The summed E-state index contributed by atoms with van der Waals surface area (Å²) in [6, 6.07) is 11.4. The minimum absolute atomic E-state index is 0.315. The number of unbranched alkanes of at least 4 members (excludes halogenated alkanes) is 7. The van der Waals surface area contributed by atoms with Crippen LogP contribution in [0.4, 0.5) is 0 Å². The van der Waals surface area contributed by atoms with Crippen LogP contribution in [0.1, 0.15) is 58.3 Å². The molecular weight excluding hydrogens is 272 g/mol. The number of benzene rings is 2. The van der Waals surface area contributed by atoms with Gasteiger partial charge in [0.1, 0.15) is 11.5 Å². The summed E-state index contributed by atoms with van der Waals surface area (Å²) in [5.74, 6) is 1.19. The van der Waals surface area contributed by atoms with Gasteiger partial charge in [-0.05, 0) is 18.6 Å². The van der Waals surface area contributed by atoms with E-state index in [-0.39, 0.29) is 0 Å². The molecule has 0 radical (unpaired) electrons. The number of ether oxygens (including phenoxy) is 1. The van der Waals surface area contributed by atoms with Gasteiger partial charge in [0.2, 0.25) is 0 Å². The second-order valence-corrected chi connectivity index (χ2v) is 5.95. The molecule has 0 amide bonds. The highest BCUT2D eigenvalue weighted by Gasteiger charge is 2.05. The molecule has 0 saturated heterocycles. The van der Waals surface area contributed by atoms with E-state index in [2.05, 4.69) is 6.92 Å². The van der Waals surface area contributed by atoms with Crippen molar-refractivity contribution in [1.29, 1.82) is 0 Å². The zero-order valence-corrected chi connectivity index (χ0v) is 13.7. The highest BCUT2D eigenvalue weighted by Crippen LogP contribution is 2.32. The van der Waals surface area contributed by atoms with Crippen molar-refractivity contribution in [3.05, 3.63) is 36.4 Å². The molecule has 0 bridgehead atoms. The Kier molecular flexibility index (Phi) is 7.08. The molecule has 0 aliphatic carbocycles. The van der Waals surface area contributed by atoms with Crippen molar-refractivity contribution in [3.8, 4) is 11.5 Å². The summed E-state index contributed by atoms with van der Waals surface area (Å²) in [5.41, 5.74) is 0. The Labute approximate surface area is 134 Å². The Bertz CT molecular complexity index is 563. The van der Waals surface area contributed by atoms with E-state index in [0.717, 1.165) is 29.5 Å². The minimum Gasteiger partial charge on any atom is -0.507 e. The van der Waals surface area contributed by atoms with Gasteiger partial charge in [-0.2, -0.15) is 0 Å². The first kappa shape index (κ1) is 16.7. The molecule has 2 heteroatoms. The SMILES string of the molecule is CCCCCCCCCCOc1ccc(O)c2ccccc12. The van der Waals surface area contributed by atoms with Crippen LogP contribution < -0.4 is 4.74 Å². The molecule has 0 atom stereocenters. The molecule has 22 heavy (non-hydrogen) atoms. The Hall–Kier alpha value is -1.70. The van der Waals surface area contributed by atoms with Crippen molar-refractivity contribution in [1.82, 2.24) is 0 Å². The van der Waals surface area contributed by atoms with Crippen molar-refractivity contribution in [2.75, 3.05) is 6.61 Å². The summed E-state index contributed by atoms with van der Waals surface area (Å²) in [4.78, 5) is 0. The molecule has 120 valence electrons. The monoisotopic (exact) mass is 300 g/mol. The van der Waals surface area contributed by atoms with Crippen LogP contribution in [0.25, 0.3) is 10.8 Å². The maximum absolute atomic E-state index is 9.87. The standard InChI is InChI=1S/C20H28O2/c1-2-3-4-5-6-7-8-11-16-22-20-15-14-19(21)17-12-9-10-13-18(17)20/h9-10,12-15,21H,2-8,11,16H2,1H3. The van der Waals surface area contributed by atoms with E-state index >= 15 is 0 Å². The molecular formula is C20H28O2. The highest BCUT2D eigenvalue weighted by molar-refractivity contribution is 5.92. The number of hydrogen-bond acceptors (Lipinski definition) is 2. The molecule has 0 heterocycles. The summed E-state index contributed by atoms with van der Waals surface area (Å²) in [6.07, 6.45) is 10.4. The fourth-order valence-corrected chi connectivity index (χ4v) is 2.80. The van der Waals surface area contributed by atoms with Gasteiger partial charge in [-0.1, -0.05) is 76.1 Å². The molecule has 0 aliphatic rings. The van der Waals surface area contributed by atoms with E-state index in [9.17, 15) is 5.11 Å². The van der Waals surface area contributed by atoms with Gasteiger partial charge < -0.3 is 9.84 Å². The highest BCUT2D eigenvalue weighted by atomic mass is 16.5. The van der Waals surface area contributed by atoms with Gasteiger partial charge in [-0.3, -0.25) is 0 Å². The van der Waals surface area contributed by atoms with Crippen molar-refractivity contribution >= 4 is 10.8 Å². The predicted molar refractivity (Wildman–Crippen MR) is 93.7 cm³/mol. The molecule has 0 unspecified atom stereocenters. The number of phenols is 1. The van der Waals surface area contributed by atoms with Gasteiger partial charge in [0.25, 0.3) is 0 Å². The lowest BCUT2D eigenvalue weighted by molar-refractivity contribution is 0.307. The Morgan fingerprint density at radius 2 is 1.41 bits per heavy atom. The first-order chi connectivity index (χ1) is 10.8. The van der Waals surface area contributed by atoms with Crippen LogP contribution >= 0.6 is 0 Å². The molecule has 2 aromatic rings. The molecule has 2 aromatic carbocycles. The second kappa shape index (κ2) is 9.34. The maximum atomic E-state index is 9.87. The van der Waals surface area contributed by atoms with Gasteiger partial charge >= 0.3 is 0 Å². The van der Waals surface area contributed by atoms with E-state index in [1.54, 1.807) is 6.07 Å². The summed E-state index contributed by atoms with van der Waals surface area (Å²) in [5, 5.41) is 11.7. The molecule has 0 aliphatic heterocycles. The summed E-state index contributed by atoms with van der Waals surface area (Å²) in [6.45, 7) is 3.01. The molecule has 2 rings (SSSR count). The van der Waals surface area contributed by atoms with Crippen molar-refractivity contribution in [3.63, 3.8) is 0 Å². The average molecular weight is 300 g/mol. The van der Waals surface area contributed by atoms with Crippen LogP contribution in [0.2, 0.25) is 0 Å². The maximum Gasteiger partial charge on any atom is 0.127 e. The van der Waals surface area contributed by atoms with Crippen LogP contribution in [-0.2, 0) is 0 Å². The molecule has 0 aromatic heterocycles. The average Bonchev–Trinajstić information content (AvgIpc) is 2.55. The molecule has 1 N–H and O–H groups in total. The topological polar surface area (TPSA) is 29.5 Å². The number of phenolic OH excluding ortho intramolecular Hbond substituents is 1. The van der Waals surface area contributed by atoms with E-state index in [4.69, 9.17) is 4.74 Å². The number of fused-ring (bicyclic) bond motifs is 1. The summed E-state index contributed by atoms with van der Waals surface area (Å²) in [7, 11) is 0. The van der Waals surface area contributed by atoms with Crippen molar-refractivity contribution in [2.24, 2.45) is 0 Å². The van der Waals surface area contributed by atoms with Gasteiger partial charge in [-0.25, -0.2) is 0 Å². The Morgan fingerprint density at radius 3 is 2.14 bits per heavy atom. The van der Waals surface area contributed by atoms with Crippen molar-refractivity contribution in [2.45, 2.75) is 58.3 Å². The summed E-state index contributed by atoms with van der Waals surface area (Å²) < 4.78 is 5.91. The van der Waals surface area contributed by atoms with Gasteiger partial charge in [-0.15, -0.1) is 0 Å². The Morgan fingerprint density at radius 1 is 0.773 bits per heavy atom. The second-order valence-electron chi connectivity index (χ2n) is 5.95. The Balaban J connectivity index is 1.71. The van der Waals surface area contributed by atoms with Crippen molar-refractivity contribution < 1.29 is 9.84 Å². The molecule has 0 saturated carbocycles. The number of rotatable bonds is 10. The number of aromatic hydroxyl groups is 1. The smallest absolute Gasteiger partial charge is 0.127 e. The fourth-order valence-electron chi connectivity index (χ4n) is 2.80. The largest absolute Gasteiger partial charge is 0.507 e.